The van der Waals surface area contributed by atoms with Crippen LogP contribution in [0.2, 0.25) is 25.7 Å². The number of amides is 3. The average molecular weight is 636 g/mol. The van der Waals surface area contributed by atoms with E-state index in [-0.39, 0.29) is 6.54 Å². The van der Waals surface area contributed by atoms with Crippen LogP contribution >= 0.6 is 11.8 Å². The summed E-state index contributed by atoms with van der Waals surface area (Å²) in [5.41, 5.74) is 0.889. The number of urea groups is 1. The lowest BCUT2D eigenvalue weighted by atomic mass is 10.0. The Balaban J connectivity index is 1.45. The molecule has 0 radical (unpaired) electrons. The molecule has 3 amide bonds. The molecule has 9 nitrogen and oxygen atoms in total. The van der Waals surface area contributed by atoms with Gasteiger partial charge >= 0.3 is 18.0 Å². The SMILES string of the molecule is CC(C)(C)OC(=O)[C@@H]1CS[C@H](c2cccc3ccccc23)N1C(=O)CNC(=O)Nc1cccc(C(=O)OCC[Si](C)(C)C)c1. The summed E-state index contributed by atoms with van der Waals surface area (Å²) in [6.07, 6.45) is 0. The van der Waals surface area contributed by atoms with E-state index in [4.69, 9.17) is 9.47 Å². The van der Waals surface area contributed by atoms with Crippen molar-refractivity contribution in [2.24, 2.45) is 0 Å². The Hall–Kier alpha value is -3.83. The van der Waals surface area contributed by atoms with Crippen LogP contribution in [-0.4, -0.2) is 67.4 Å². The summed E-state index contributed by atoms with van der Waals surface area (Å²) < 4.78 is 11.1. The van der Waals surface area contributed by atoms with E-state index in [1.165, 1.54) is 22.7 Å². The third-order valence-electron chi connectivity index (χ3n) is 6.90. The van der Waals surface area contributed by atoms with Crippen LogP contribution in [0.3, 0.4) is 0 Å². The van der Waals surface area contributed by atoms with Crippen LogP contribution in [0, 0.1) is 0 Å². The summed E-state index contributed by atoms with van der Waals surface area (Å²) in [4.78, 5) is 53.8. The first kappa shape index (κ1) is 33.1. The molecule has 1 fully saturated rings. The molecule has 0 aromatic heterocycles. The zero-order valence-corrected chi connectivity index (χ0v) is 28.0. The molecule has 0 unspecified atom stereocenters. The van der Waals surface area contributed by atoms with E-state index in [2.05, 4.69) is 30.3 Å². The van der Waals surface area contributed by atoms with Crippen LogP contribution in [0.25, 0.3) is 10.8 Å². The highest BCUT2D eigenvalue weighted by molar-refractivity contribution is 7.99. The summed E-state index contributed by atoms with van der Waals surface area (Å²) >= 11 is 1.49. The molecule has 1 heterocycles. The van der Waals surface area contributed by atoms with Gasteiger partial charge in [0.2, 0.25) is 5.91 Å². The molecular formula is C33H41N3O6SSi. The minimum Gasteiger partial charge on any atom is -0.462 e. The van der Waals surface area contributed by atoms with Crippen LogP contribution in [0.5, 0.6) is 0 Å². The molecule has 0 bridgehead atoms. The first-order valence-corrected chi connectivity index (χ1v) is 19.4. The molecule has 234 valence electrons. The molecule has 0 saturated carbocycles. The van der Waals surface area contributed by atoms with Crippen molar-refractivity contribution in [3.05, 3.63) is 77.9 Å². The Labute approximate surface area is 264 Å². The summed E-state index contributed by atoms with van der Waals surface area (Å²) in [5.74, 6) is -0.999. The fourth-order valence-electron chi connectivity index (χ4n) is 4.75. The molecular weight excluding hydrogens is 595 g/mol. The van der Waals surface area contributed by atoms with E-state index in [0.29, 0.717) is 23.6 Å². The molecule has 2 atom stereocenters. The van der Waals surface area contributed by atoms with Crippen LogP contribution in [0.1, 0.15) is 42.1 Å². The van der Waals surface area contributed by atoms with Crippen molar-refractivity contribution in [2.75, 3.05) is 24.2 Å². The molecule has 2 N–H and O–H groups in total. The molecule has 3 aromatic carbocycles. The smallest absolute Gasteiger partial charge is 0.338 e. The fraction of sp³-hybridized carbons (Fsp3) is 0.394. The molecule has 3 aromatic rings. The van der Waals surface area contributed by atoms with E-state index in [1.807, 2.05) is 42.5 Å². The molecule has 1 saturated heterocycles. The normalized spacial score (nSPS) is 16.8. The number of hydrogen-bond acceptors (Lipinski definition) is 7. The van der Waals surface area contributed by atoms with Gasteiger partial charge in [-0.3, -0.25) is 4.79 Å². The Kier molecular flexibility index (Phi) is 10.4. The number of ether oxygens (including phenoxy) is 2. The summed E-state index contributed by atoms with van der Waals surface area (Å²) in [5, 5.41) is 6.85. The van der Waals surface area contributed by atoms with Crippen molar-refractivity contribution in [1.29, 1.82) is 0 Å². The first-order chi connectivity index (χ1) is 20.7. The van der Waals surface area contributed by atoms with E-state index >= 15 is 0 Å². The fourth-order valence-corrected chi connectivity index (χ4v) is 6.93. The van der Waals surface area contributed by atoms with Crippen LogP contribution in [-0.2, 0) is 19.1 Å². The van der Waals surface area contributed by atoms with Gasteiger partial charge in [0.15, 0.2) is 0 Å². The number of anilines is 1. The minimum atomic E-state index is -1.34. The number of benzene rings is 3. The van der Waals surface area contributed by atoms with Gasteiger partial charge in [0.25, 0.3) is 0 Å². The van der Waals surface area contributed by atoms with Gasteiger partial charge < -0.3 is 25.0 Å². The zero-order valence-electron chi connectivity index (χ0n) is 26.1. The van der Waals surface area contributed by atoms with E-state index < -0.39 is 49.0 Å². The van der Waals surface area contributed by atoms with E-state index in [9.17, 15) is 19.2 Å². The summed E-state index contributed by atoms with van der Waals surface area (Å²) in [6, 6.07) is 19.7. The molecule has 44 heavy (non-hydrogen) atoms. The molecule has 0 spiro atoms. The lowest BCUT2D eigenvalue weighted by Gasteiger charge is -2.31. The number of carbonyl (C=O) groups is 4. The maximum absolute atomic E-state index is 13.7. The summed E-state index contributed by atoms with van der Waals surface area (Å²) in [6.45, 7) is 12.0. The first-order valence-electron chi connectivity index (χ1n) is 14.7. The topological polar surface area (TPSA) is 114 Å². The van der Waals surface area contributed by atoms with E-state index in [1.54, 1.807) is 39.0 Å². The van der Waals surface area contributed by atoms with Gasteiger partial charge in [-0.15, -0.1) is 11.8 Å². The van der Waals surface area contributed by atoms with Gasteiger partial charge in [0.1, 0.15) is 17.0 Å². The van der Waals surface area contributed by atoms with Gasteiger partial charge in [0, 0.05) is 19.5 Å². The maximum Gasteiger partial charge on any atom is 0.338 e. The predicted molar refractivity (Wildman–Crippen MR) is 178 cm³/mol. The number of hydrogen-bond donors (Lipinski definition) is 2. The number of fused-ring (bicyclic) bond motifs is 1. The Morgan fingerprint density at radius 2 is 1.68 bits per heavy atom. The second-order valence-electron chi connectivity index (χ2n) is 12.9. The van der Waals surface area contributed by atoms with Gasteiger partial charge in [-0.1, -0.05) is 68.2 Å². The number of carbonyl (C=O) groups excluding carboxylic acids is 4. The maximum atomic E-state index is 13.7. The molecule has 1 aliphatic heterocycles. The quantitative estimate of drug-likeness (QED) is 0.205. The minimum absolute atomic E-state index is 0.321. The lowest BCUT2D eigenvalue weighted by Crippen LogP contribution is -2.49. The van der Waals surface area contributed by atoms with Crippen molar-refractivity contribution in [1.82, 2.24) is 10.2 Å². The molecule has 0 aliphatic carbocycles. The highest BCUT2D eigenvalue weighted by Crippen LogP contribution is 2.44. The van der Waals surface area contributed by atoms with Crippen molar-refractivity contribution in [2.45, 2.75) is 63.5 Å². The predicted octanol–water partition coefficient (Wildman–Crippen LogP) is 6.44. The van der Waals surface area contributed by atoms with Crippen molar-refractivity contribution < 1.29 is 28.7 Å². The van der Waals surface area contributed by atoms with Crippen molar-refractivity contribution in [3.63, 3.8) is 0 Å². The van der Waals surface area contributed by atoms with Crippen molar-refractivity contribution >= 4 is 60.2 Å². The Bertz CT molecular complexity index is 1530. The standard InChI is InChI=1S/C33H41N3O6SSi/c1-33(2,3)42-31(39)27-21-43-29(26-16-10-12-22-11-7-8-15-25(22)26)36(27)28(37)20-34-32(40)35-24-14-9-13-23(19-24)30(38)41-17-18-44(4,5)6/h7-16,19,27,29H,17-18,20-21H2,1-6H3,(H2,34,35,40)/t27-,29+/m0/s1. The van der Waals surface area contributed by atoms with Crippen LogP contribution in [0.4, 0.5) is 10.5 Å². The largest absolute Gasteiger partial charge is 0.462 e. The molecule has 4 rings (SSSR count). The number of esters is 2. The van der Waals surface area contributed by atoms with E-state index in [0.717, 1.165) is 22.4 Å². The third-order valence-corrected chi connectivity index (χ3v) is 9.91. The van der Waals surface area contributed by atoms with Crippen LogP contribution < -0.4 is 10.6 Å². The van der Waals surface area contributed by atoms with Gasteiger partial charge in [-0.25, -0.2) is 14.4 Å². The molecule has 11 heteroatoms. The van der Waals surface area contributed by atoms with Gasteiger partial charge in [-0.2, -0.15) is 0 Å². The monoisotopic (exact) mass is 635 g/mol. The van der Waals surface area contributed by atoms with Gasteiger partial charge in [-0.05, 0) is 61.4 Å². The number of nitrogens with one attached hydrogen (secondary N) is 2. The number of thioether (sulfide) groups is 1. The lowest BCUT2D eigenvalue weighted by molar-refractivity contribution is -0.163. The molecule has 1 aliphatic rings. The highest BCUT2D eigenvalue weighted by atomic mass is 32.2. The van der Waals surface area contributed by atoms with Crippen molar-refractivity contribution in [3.8, 4) is 0 Å². The summed E-state index contributed by atoms with van der Waals surface area (Å²) in [7, 11) is -1.34. The highest BCUT2D eigenvalue weighted by Gasteiger charge is 2.44. The Morgan fingerprint density at radius 1 is 0.977 bits per heavy atom. The third kappa shape index (κ3) is 8.85. The zero-order chi connectivity index (χ0) is 32.1. The second kappa shape index (κ2) is 13.9. The average Bonchev–Trinajstić information content (AvgIpc) is 3.39. The van der Waals surface area contributed by atoms with Gasteiger partial charge in [0.05, 0.1) is 18.7 Å². The number of nitrogens with zero attached hydrogens (tertiary/aromatic N) is 1. The number of rotatable bonds is 9. The Morgan fingerprint density at radius 3 is 2.41 bits per heavy atom. The van der Waals surface area contributed by atoms with Crippen LogP contribution in [0.15, 0.2) is 66.7 Å². The second-order valence-corrected chi connectivity index (χ2v) is 19.7.